The number of hydrogen-bond acceptors (Lipinski definition) is 7. The van der Waals surface area contributed by atoms with Crippen molar-refractivity contribution in [3.8, 4) is 41.2 Å². The van der Waals surface area contributed by atoms with Crippen molar-refractivity contribution in [1.29, 1.82) is 15.8 Å². The molecule has 0 saturated carbocycles. The van der Waals surface area contributed by atoms with Crippen molar-refractivity contribution in [3.05, 3.63) is 118 Å². The van der Waals surface area contributed by atoms with E-state index in [-0.39, 0.29) is 39.5 Å². The first kappa shape index (κ1) is 44.4. The van der Waals surface area contributed by atoms with Gasteiger partial charge in [0.2, 0.25) is 0 Å². The predicted molar refractivity (Wildman–Crippen MR) is 217 cm³/mol. The standard InChI is InChI=1S/C11H8F2N2O.C11H11F2NO.2C11H9FN2O/c1-15-6(5-14)3-7-9(16-2)4-8(12)10(13)11(7)15;1-6-10(13)9-8(15-3)5-4-7(12)11(9)14(6)2;1-14-8(6-13)5-9-10(14)3-7(12)4-11(9)15-2;1-14-7(6-13)5-8-10(15-2)4-3-9(12)11(8)14/h3-4H,1-2H3;4-5H,1-3H3;2*3-5H,1-2H3. The summed E-state index contributed by atoms with van der Waals surface area (Å²) in [7, 11) is 12.3. The Bertz CT molecular complexity index is 3110. The lowest BCUT2D eigenvalue weighted by molar-refractivity contribution is 0.412. The van der Waals surface area contributed by atoms with Crippen LogP contribution in [0.25, 0.3) is 43.6 Å². The van der Waals surface area contributed by atoms with Crippen molar-refractivity contribution in [2.45, 2.75) is 6.92 Å². The Hall–Kier alpha value is -7.71. The minimum atomic E-state index is -0.991. The third kappa shape index (κ3) is 8.04. The molecule has 0 bridgehead atoms. The van der Waals surface area contributed by atoms with Crippen LogP contribution in [0.4, 0.5) is 26.3 Å². The van der Waals surface area contributed by atoms with E-state index < -0.39 is 23.3 Å². The third-order valence-corrected chi connectivity index (χ3v) is 10.1. The van der Waals surface area contributed by atoms with Crippen LogP contribution >= 0.6 is 0 Å². The lowest BCUT2D eigenvalue weighted by atomic mass is 10.2. The molecule has 0 radical (unpaired) electrons. The minimum Gasteiger partial charge on any atom is -0.496 e. The summed E-state index contributed by atoms with van der Waals surface area (Å²) in [5, 5.41) is 28.5. The van der Waals surface area contributed by atoms with Crippen LogP contribution in [0.5, 0.6) is 23.0 Å². The molecular formula is C44H37F6N7O4. The number of nitriles is 3. The lowest BCUT2D eigenvalue weighted by Crippen LogP contribution is -1.96. The second kappa shape index (κ2) is 18.1. The number of benzene rings is 4. The smallest absolute Gasteiger partial charge is 0.183 e. The molecule has 0 atom stereocenters. The van der Waals surface area contributed by atoms with E-state index >= 15 is 0 Å². The molecule has 4 aromatic heterocycles. The molecule has 0 aliphatic rings. The minimum absolute atomic E-state index is 0.0356. The van der Waals surface area contributed by atoms with Crippen LogP contribution in [0, 0.1) is 75.8 Å². The van der Waals surface area contributed by atoms with Gasteiger partial charge in [0.05, 0.1) is 61.6 Å². The van der Waals surface area contributed by atoms with Gasteiger partial charge < -0.3 is 37.2 Å². The number of rotatable bonds is 4. The summed E-state index contributed by atoms with van der Waals surface area (Å²) in [5.74, 6) is -1.97. The number of ether oxygens (including phenoxy) is 4. The quantitative estimate of drug-likeness (QED) is 0.162. The van der Waals surface area contributed by atoms with Crippen LogP contribution in [-0.4, -0.2) is 46.7 Å². The molecule has 0 unspecified atom stereocenters. The van der Waals surface area contributed by atoms with Crippen LogP contribution in [0.2, 0.25) is 0 Å². The first-order valence-electron chi connectivity index (χ1n) is 17.9. The van der Waals surface area contributed by atoms with E-state index in [2.05, 4.69) is 0 Å². The van der Waals surface area contributed by atoms with Crippen molar-refractivity contribution in [2.24, 2.45) is 28.2 Å². The molecule has 4 aromatic carbocycles. The SMILES string of the molecule is COc1cc(F)c(F)c2c1cc(C#N)n2C.COc1cc(F)cc2c1cc(C#N)n2C.COc1ccc(F)c2c1c(F)c(C)n2C.COc1ccc(F)c2c1cc(C#N)n2C. The van der Waals surface area contributed by atoms with E-state index in [1.54, 1.807) is 50.8 Å². The normalized spacial score (nSPS) is 10.5. The molecule has 0 saturated heterocycles. The van der Waals surface area contributed by atoms with Crippen molar-refractivity contribution < 1.29 is 45.3 Å². The maximum atomic E-state index is 13.8. The van der Waals surface area contributed by atoms with Gasteiger partial charge in [-0.3, -0.25) is 0 Å². The maximum absolute atomic E-state index is 13.8. The Balaban J connectivity index is 0.000000154. The fraction of sp³-hybridized carbons (Fsp3) is 0.205. The lowest BCUT2D eigenvalue weighted by Gasteiger charge is -2.05. The largest absolute Gasteiger partial charge is 0.496 e. The molecule has 8 aromatic rings. The van der Waals surface area contributed by atoms with E-state index in [0.717, 1.165) is 11.5 Å². The highest BCUT2D eigenvalue weighted by Gasteiger charge is 2.20. The number of methoxy groups -OCH3 is 4. The van der Waals surface area contributed by atoms with Crippen molar-refractivity contribution in [3.63, 3.8) is 0 Å². The first-order chi connectivity index (χ1) is 29.0. The number of halogens is 6. The Morgan fingerprint density at radius 1 is 0.459 bits per heavy atom. The topological polar surface area (TPSA) is 128 Å². The summed E-state index contributed by atoms with van der Waals surface area (Å²) >= 11 is 0. The zero-order chi connectivity index (χ0) is 45.0. The van der Waals surface area contributed by atoms with Gasteiger partial charge in [0.15, 0.2) is 17.5 Å². The van der Waals surface area contributed by atoms with Gasteiger partial charge in [-0.1, -0.05) is 0 Å². The summed E-state index contributed by atoms with van der Waals surface area (Å²) in [6.45, 7) is 1.61. The Morgan fingerprint density at radius 2 is 0.918 bits per heavy atom. The summed E-state index contributed by atoms with van der Waals surface area (Å²) in [6.07, 6.45) is 0. The Kier molecular flexibility index (Phi) is 13.1. The van der Waals surface area contributed by atoms with Crippen molar-refractivity contribution in [2.75, 3.05) is 28.4 Å². The summed E-state index contributed by atoms with van der Waals surface area (Å²) in [4.78, 5) is 0. The molecule has 314 valence electrons. The van der Waals surface area contributed by atoms with Gasteiger partial charge in [-0.2, -0.15) is 15.8 Å². The number of fused-ring (bicyclic) bond motifs is 4. The van der Waals surface area contributed by atoms with Gasteiger partial charge >= 0.3 is 0 Å². The van der Waals surface area contributed by atoms with Gasteiger partial charge in [0.1, 0.15) is 75.7 Å². The van der Waals surface area contributed by atoms with Crippen LogP contribution in [0.1, 0.15) is 22.8 Å². The van der Waals surface area contributed by atoms with E-state index in [0.29, 0.717) is 56.1 Å². The first-order valence-corrected chi connectivity index (χ1v) is 17.9. The van der Waals surface area contributed by atoms with E-state index in [1.165, 1.54) is 85.6 Å². The molecular weight excluding hydrogens is 805 g/mol. The van der Waals surface area contributed by atoms with Crippen LogP contribution in [0.3, 0.4) is 0 Å². The molecule has 0 fully saturated rings. The molecule has 61 heavy (non-hydrogen) atoms. The average Bonchev–Trinajstić information content (AvgIpc) is 3.96. The van der Waals surface area contributed by atoms with E-state index in [9.17, 15) is 26.3 Å². The summed E-state index contributed by atoms with van der Waals surface area (Å²) in [5.41, 5.74) is 2.86. The maximum Gasteiger partial charge on any atom is 0.183 e. The summed E-state index contributed by atoms with van der Waals surface area (Å²) in [6, 6.07) is 20.0. The van der Waals surface area contributed by atoms with E-state index in [4.69, 9.17) is 34.7 Å². The fourth-order valence-electron chi connectivity index (χ4n) is 6.78. The second-order valence-corrected chi connectivity index (χ2v) is 13.2. The molecule has 4 heterocycles. The predicted octanol–water partition coefficient (Wildman–Crippen LogP) is 9.51. The third-order valence-electron chi connectivity index (χ3n) is 10.1. The van der Waals surface area contributed by atoms with Crippen molar-refractivity contribution >= 4 is 43.6 Å². The summed E-state index contributed by atoms with van der Waals surface area (Å²) < 4.78 is 107. The van der Waals surface area contributed by atoms with Gasteiger partial charge in [-0.15, -0.1) is 0 Å². The van der Waals surface area contributed by atoms with Crippen LogP contribution < -0.4 is 18.9 Å². The van der Waals surface area contributed by atoms with Gasteiger partial charge in [-0.25, -0.2) is 26.3 Å². The highest BCUT2D eigenvalue weighted by molar-refractivity contribution is 5.91. The number of aryl methyl sites for hydroxylation is 4. The Morgan fingerprint density at radius 3 is 1.46 bits per heavy atom. The van der Waals surface area contributed by atoms with Gasteiger partial charge in [0, 0.05) is 56.5 Å². The average molecular weight is 842 g/mol. The zero-order valence-corrected chi connectivity index (χ0v) is 34.3. The highest BCUT2D eigenvalue weighted by atomic mass is 19.2. The van der Waals surface area contributed by atoms with Crippen LogP contribution in [0.15, 0.2) is 60.7 Å². The molecule has 0 amide bonds. The molecule has 0 aliphatic carbocycles. The number of aromatic nitrogens is 4. The number of nitrogens with zero attached hydrogens (tertiary/aromatic N) is 7. The second-order valence-electron chi connectivity index (χ2n) is 13.2. The van der Waals surface area contributed by atoms with Crippen LogP contribution in [-0.2, 0) is 28.2 Å². The number of hydrogen-bond donors (Lipinski definition) is 0. The van der Waals surface area contributed by atoms with Gasteiger partial charge in [-0.05, 0) is 55.5 Å². The zero-order valence-electron chi connectivity index (χ0n) is 34.3. The molecule has 8 rings (SSSR count). The molecule has 17 heteroatoms. The van der Waals surface area contributed by atoms with Gasteiger partial charge in [0.25, 0.3) is 0 Å². The molecule has 0 spiro atoms. The monoisotopic (exact) mass is 841 g/mol. The van der Waals surface area contributed by atoms with E-state index in [1.807, 2.05) is 18.2 Å². The molecule has 0 N–H and O–H groups in total. The fourth-order valence-corrected chi connectivity index (χ4v) is 6.78. The molecule has 11 nitrogen and oxygen atoms in total. The Labute approximate surface area is 345 Å². The molecule has 0 aliphatic heterocycles. The van der Waals surface area contributed by atoms with Crippen molar-refractivity contribution in [1.82, 2.24) is 18.3 Å². The highest BCUT2D eigenvalue weighted by Crippen LogP contribution is 2.35.